The molecule has 2 aromatic heterocycles. The number of alkyl halides is 3. The Morgan fingerprint density at radius 1 is 1.16 bits per heavy atom. The Labute approximate surface area is 120 Å². The molecule has 0 bridgehead atoms. The van der Waals surface area contributed by atoms with Crippen LogP contribution in [0.1, 0.15) is 11.1 Å². The molecular formula is C12H8BrF3N2S. The zero-order valence-corrected chi connectivity index (χ0v) is 11.9. The number of aromatic nitrogens is 2. The van der Waals surface area contributed by atoms with Crippen LogP contribution < -0.4 is 0 Å². The lowest BCUT2D eigenvalue weighted by atomic mass is 10.3. The second-order valence-electron chi connectivity index (χ2n) is 3.68. The lowest BCUT2D eigenvalue weighted by molar-refractivity contribution is -0.137. The van der Waals surface area contributed by atoms with Gasteiger partial charge in [0.1, 0.15) is 0 Å². The molecule has 2 aromatic rings. The maximum atomic E-state index is 12.4. The third kappa shape index (κ3) is 4.21. The standard InChI is InChI=1S/C12H8BrF3N2S/c13-10-3-8(4-17-6-10)7-19-11-2-1-9(5-18-11)12(14,15)16/h1-6H,7H2. The summed E-state index contributed by atoms with van der Waals surface area (Å²) in [6.45, 7) is 0. The molecule has 0 radical (unpaired) electrons. The van der Waals surface area contributed by atoms with Crippen LogP contribution in [0.3, 0.4) is 0 Å². The van der Waals surface area contributed by atoms with E-state index in [0.717, 1.165) is 22.3 Å². The van der Waals surface area contributed by atoms with Crippen LogP contribution in [0, 0.1) is 0 Å². The Morgan fingerprint density at radius 2 is 1.95 bits per heavy atom. The Hall–Kier alpha value is -1.08. The van der Waals surface area contributed by atoms with Crippen molar-refractivity contribution in [1.29, 1.82) is 0 Å². The molecule has 0 aliphatic rings. The number of pyridine rings is 2. The van der Waals surface area contributed by atoms with Gasteiger partial charge in [-0.15, -0.1) is 11.8 Å². The first kappa shape index (κ1) is 14.3. The summed E-state index contributed by atoms with van der Waals surface area (Å²) in [5.41, 5.74) is 0.238. The molecule has 0 fully saturated rings. The number of hydrogen-bond donors (Lipinski definition) is 0. The van der Waals surface area contributed by atoms with Crippen molar-refractivity contribution in [3.05, 3.63) is 52.4 Å². The monoisotopic (exact) mass is 348 g/mol. The summed E-state index contributed by atoms with van der Waals surface area (Å²) in [5, 5.41) is 0.549. The lowest BCUT2D eigenvalue weighted by Gasteiger charge is -2.06. The molecule has 0 aromatic carbocycles. The van der Waals surface area contributed by atoms with Crippen LogP contribution in [0.2, 0.25) is 0 Å². The summed E-state index contributed by atoms with van der Waals surface area (Å²) >= 11 is 4.67. The van der Waals surface area contributed by atoms with E-state index in [-0.39, 0.29) is 0 Å². The predicted molar refractivity (Wildman–Crippen MR) is 70.7 cm³/mol. The maximum Gasteiger partial charge on any atom is 0.417 e. The summed E-state index contributed by atoms with van der Waals surface area (Å²) < 4.78 is 37.9. The van der Waals surface area contributed by atoms with Gasteiger partial charge in [0, 0.05) is 28.8 Å². The van der Waals surface area contributed by atoms with E-state index in [1.807, 2.05) is 6.07 Å². The van der Waals surface area contributed by atoms with E-state index >= 15 is 0 Å². The second kappa shape index (κ2) is 5.92. The molecule has 0 spiro atoms. The first-order valence-corrected chi connectivity index (χ1v) is 6.98. The van der Waals surface area contributed by atoms with Crippen LogP contribution in [0.15, 0.2) is 46.3 Å². The summed E-state index contributed by atoms with van der Waals surface area (Å²) in [4.78, 5) is 7.81. The van der Waals surface area contributed by atoms with Crippen molar-refractivity contribution in [2.45, 2.75) is 17.0 Å². The quantitative estimate of drug-likeness (QED) is 0.761. The van der Waals surface area contributed by atoms with E-state index in [1.165, 1.54) is 17.8 Å². The van der Waals surface area contributed by atoms with E-state index in [1.54, 1.807) is 12.4 Å². The van der Waals surface area contributed by atoms with Crippen LogP contribution in [0.5, 0.6) is 0 Å². The van der Waals surface area contributed by atoms with Gasteiger partial charge in [-0.05, 0) is 39.7 Å². The van der Waals surface area contributed by atoms with E-state index in [2.05, 4.69) is 25.9 Å². The number of nitrogens with zero attached hydrogens (tertiary/aromatic N) is 2. The van der Waals surface area contributed by atoms with Crippen molar-refractivity contribution < 1.29 is 13.2 Å². The molecule has 19 heavy (non-hydrogen) atoms. The number of halogens is 4. The van der Waals surface area contributed by atoms with Gasteiger partial charge in [0.2, 0.25) is 0 Å². The third-order valence-electron chi connectivity index (χ3n) is 2.21. The highest BCUT2D eigenvalue weighted by molar-refractivity contribution is 9.10. The molecular weight excluding hydrogens is 341 g/mol. The Bertz CT molecular complexity index is 558. The summed E-state index contributed by atoms with van der Waals surface area (Å²) in [6, 6.07) is 4.32. The lowest BCUT2D eigenvalue weighted by Crippen LogP contribution is -2.05. The van der Waals surface area contributed by atoms with Crippen molar-refractivity contribution in [3.63, 3.8) is 0 Å². The topological polar surface area (TPSA) is 25.8 Å². The zero-order valence-electron chi connectivity index (χ0n) is 9.49. The first-order chi connectivity index (χ1) is 8.95. The van der Waals surface area contributed by atoms with Gasteiger partial charge in [0.15, 0.2) is 0 Å². The van der Waals surface area contributed by atoms with Crippen LogP contribution in [-0.2, 0) is 11.9 Å². The zero-order chi connectivity index (χ0) is 13.9. The summed E-state index contributed by atoms with van der Waals surface area (Å²) in [7, 11) is 0. The van der Waals surface area contributed by atoms with Gasteiger partial charge in [-0.2, -0.15) is 13.2 Å². The van der Waals surface area contributed by atoms with E-state index in [9.17, 15) is 13.2 Å². The average Bonchev–Trinajstić information content (AvgIpc) is 2.36. The van der Waals surface area contributed by atoms with Crippen LogP contribution in [0.25, 0.3) is 0 Å². The molecule has 2 heterocycles. The summed E-state index contributed by atoms with van der Waals surface area (Å²) in [5.74, 6) is 0.602. The molecule has 0 aliphatic heterocycles. The van der Waals surface area contributed by atoms with Crippen molar-refractivity contribution >= 4 is 27.7 Å². The third-order valence-corrected chi connectivity index (χ3v) is 3.66. The largest absolute Gasteiger partial charge is 0.417 e. The predicted octanol–water partition coefficient (Wildman–Crippen LogP) is 4.55. The molecule has 2 nitrogen and oxygen atoms in total. The minimum atomic E-state index is -4.34. The van der Waals surface area contributed by atoms with Crippen molar-refractivity contribution in [2.24, 2.45) is 0 Å². The minimum absolute atomic E-state index is 0.549. The van der Waals surface area contributed by atoms with Crippen LogP contribution in [-0.4, -0.2) is 9.97 Å². The van der Waals surface area contributed by atoms with Crippen LogP contribution >= 0.6 is 27.7 Å². The molecule has 7 heteroatoms. The number of rotatable bonds is 3. The smallest absolute Gasteiger partial charge is 0.263 e. The van der Waals surface area contributed by atoms with Gasteiger partial charge in [0.05, 0.1) is 10.6 Å². The molecule has 100 valence electrons. The van der Waals surface area contributed by atoms with Gasteiger partial charge in [-0.25, -0.2) is 4.98 Å². The fraction of sp³-hybridized carbons (Fsp3) is 0.167. The number of hydrogen-bond acceptors (Lipinski definition) is 3. The number of thioether (sulfide) groups is 1. The van der Waals surface area contributed by atoms with Crippen molar-refractivity contribution in [3.8, 4) is 0 Å². The highest BCUT2D eigenvalue weighted by Crippen LogP contribution is 2.30. The average molecular weight is 349 g/mol. The Kier molecular flexibility index (Phi) is 4.46. The van der Waals surface area contributed by atoms with Gasteiger partial charge >= 0.3 is 6.18 Å². The van der Waals surface area contributed by atoms with Crippen LogP contribution in [0.4, 0.5) is 13.2 Å². The molecule has 0 amide bonds. The van der Waals surface area contributed by atoms with E-state index in [0.29, 0.717) is 10.8 Å². The van der Waals surface area contributed by atoms with Gasteiger partial charge < -0.3 is 0 Å². The highest BCUT2D eigenvalue weighted by atomic mass is 79.9. The van der Waals surface area contributed by atoms with Gasteiger partial charge in [0.25, 0.3) is 0 Å². The first-order valence-electron chi connectivity index (χ1n) is 5.20. The molecule has 0 atom stereocenters. The summed E-state index contributed by atoms with van der Waals surface area (Å²) in [6.07, 6.45) is -0.113. The molecule has 0 aliphatic carbocycles. The molecule has 2 rings (SSSR count). The normalized spacial score (nSPS) is 11.6. The fourth-order valence-electron chi connectivity index (χ4n) is 1.33. The highest BCUT2D eigenvalue weighted by Gasteiger charge is 2.30. The minimum Gasteiger partial charge on any atom is -0.263 e. The van der Waals surface area contributed by atoms with E-state index in [4.69, 9.17) is 0 Å². The molecule has 0 saturated heterocycles. The second-order valence-corrected chi connectivity index (χ2v) is 5.59. The fourth-order valence-corrected chi connectivity index (χ4v) is 2.50. The Balaban J connectivity index is 2.01. The molecule has 0 saturated carbocycles. The Morgan fingerprint density at radius 3 is 2.53 bits per heavy atom. The van der Waals surface area contributed by atoms with Crippen molar-refractivity contribution in [2.75, 3.05) is 0 Å². The van der Waals surface area contributed by atoms with Gasteiger partial charge in [-0.1, -0.05) is 0 Å². The molecule has 0 N–H and O–H groups in total. The van der Waals surface area contributed by atoms with Gasteiger partial charge in [-0.3, -0.25) is 4.98 Å². The maximum absolute atomic E-state index is 12.4. The molecule has 0 unspecified atom stereocenters. The van der Waals surface area contributed by atoms with E-state index < -0.39 is 11.7 Å². The SMILES string of the molecule is FC(F)(F)c1ccc(SCc2cncc(Br)c2)nc1. The van der Waals surface area contributed by atoms with Crippen molar-refractivity contribution in [1.82, 2.24) is 9.97 Å².